The Hall–Kier alpha value is -0.350. The third-order valence-corrected chi connectivity index (χ3v) is 4.35. The molecule has 3 nitrogen and oxygen atoms in total. The number of nitrogens with zero attached hydrogens (tertiary/aromatic N) is 2. The van der Waals surface area contributed by atoms with E-state index in [1.54, 1.807) is 0 Å². The Balaban J connectivity index is 2.83. The Morgan fingerprint density at radius 1 is 1.28 bits per heavy atom. The molecule has 0 aromatic carbocycles. The number of nitrogens with one attached hydrogen (secondary N) is 1. The van der Waals surface area contributed by atoms with Gasteiger partial charge in [-0.1, -0.05) is 27.2 Å². The molecule has 1 atom stereocenters. The lowest BCUT2D eigenvalue weighted by atomic mass is 10.00. The first-order valence-corrected chi connectivity index (χ1v) is 7.91. The summed E-state index contributed by atoms with van der Waals surface area (Å²) in [6.45, 7) is 11.8. The molecule has 1 unspecified atom stereocenters. The van der Waals surface area contributed by atoms with E-state index in [1.165, 1.54) is 22.3 Å². The lowest BCUT2D eigenvalue weighted by Gasteiger charge is -2.16. The predicted molar refractivity (Wildman–Crippen MR) is 81.0 cm³/mol. The zero-order valence-corrected chi connectivity index (χ0v) is 13.7. The number of halogens is 1. The van der Waals surface area contributed by atoms with Gasteiger partial charge in [0, 0.05) is 6.54 Å². The first kappa shape index (κ1) is 15.7. The molecule has 104 valence electrons. The molecule has 0 aliphatic heterocycles. The van der Waals surface area contributed by atoms with Crippen molar-refractivity contribution >= 4 is 15.9 Å². The molecule has 1 N–H and O–H groups in total. The molecule has 0 spiro atoms. The fourth-order valence-electron chi connectivity index (χ4n) is 2.20. The summed E-state index contributed by atoms with van der Waals surface area (Å²) in [6, 6.07) is 0. The van der Waals surface area contributed by atoms with Crippen LogP contribution in [0.15, 0.2) is 4.47 Å². The van der Waals surface area contributed by atoms with Gasteiger partial charge in [-0.25, -0.2) is 0 Å². The van der Waals surface area contributed by atoms with Crippen molar-refractivity contribution in [2.75, 3.05) is 13.1 Å². The van der Waals surface area contributed by atoms with Crippen molar-refractivity contribution in [1.29, 1.82) is 0 Å². The van der Waals surface area contributed by atoms with E-state index in [-0.39, 0.29) is 0 Å². The molecule has 0 amide bonds. The summed E-state index contributed by atoms with van der Waals surface area (Å²) in [5.41, 5.74) is 2.55. The fourth-order valence-corrected chi connectivity index (χ4v) is 2.92. The molecule has 0 radical (unpaired) electrons. The van der Waals surface area contributed by atoms with E-state index in [0.717, 1.165) is 32.5 Å². The van der Waals surface area contributed by atoms with Gasteiger partial charge in [-0.05, 0) is 54.7 Å². The average molecular weight is 316 g/mol. The summed E-state index contributed by atoms with van der Waals surface area (Å²) in [4.78, 5) is 0. The Bertz CT molecular complexity index is 360. The topological polar surface area (TPSA) is 29.9 Å². The average Bonchev–Trinajstić information content (AvgIpc) is 2.70. The molecule has 18 heavy (non-hydrogen) atoms. The van der Waals surface area contributed by atoms with Crippen LogP contribution < -0.4 is 5.32 Å². The van der Waals surface area contributed by atoms with Crippen LogP contribution in [0, 0.1) is 5.92 Å². The molecular weight excluding hydrogens is 290 g/mol. The minimum Gasteiger partial charge on any atom is -0.317 e. The summed E-state index contributed by atoms with van der Waals surface area (Å²) < 4.78 is 3.37. The highest BCUT2D eigenvalue weighted by Crippen LogP contribution is 2.25. The van der Waals surface area contributed by atoms with Crippen molar-refractivity contribution < 1.29 is 0 Å². The van der Waals surface area contributed by atoms with Crippen LogP contribution in [0.5, 0.6) is 0 Å². The third kappa shape index (κ3) is 3.82. The molecule has 0 bridgehead atoms. The van der Waals surface area contributed by atoms with E-state index in [1.807, 2.05) is 0 Å². The first-order valence-electron chi connectivity index (χ1n) is 7.12. The highest BCUT2D eigenvalue weighted by Gasteiger charge is 2.17. The Morgan fingerprint density at radius 2 is 2.00 bits per heavy atom. The van der Waals surface area contributed by atoms with Crippen LogP contribution in [-0.4, -0.2) is 22.9 Å². The molecule has 1 aromatic heterocycles. The van der Waals surface area contributed by atoms with Crippen LogP contribution in [0.2, 0.25) is 0 Å². The molecular formula is C14H26BrN3. The van der Waals surface area contributed by atoms with Crippen molar-refractivity contribution in [3.8, 4) is 0 Å². The van der Waals surface area contributed by atoms with Crippen molar-refractivity contribution in [1.82, 2.24) is 15.1 Å². The van der Waals surface area contributed by atoms with Gasteiger partial charge >= 0.3 is 0 Å². The molecule has 1 aromatic rings. The highest BCUT2D eigenvalue weighted by atomic mass is 79.9. The van der Waals surface area contributed by atoms with Crippen molar-refractivity contribution in [2.45, 2.75) is 53.5 Å². The SMILES string of the molecule is CCNCC(CC)Cc1c(Br)c(CC)nn1CC. The Morgan fingerprint density at radius 3 is 2.50 bits per heavy atom. The van der Waals surface area contributed by atoms with Gasteiger partial charge in [-0.15, -0.1) is 0 Å². The Labute approximate surface area is 119 Å². The first-order chi connectivity index (χ1) is 8.67. The van der Waals surface area contributed by atoms with Gasteiger partial charge < -0.3 is 5.32 Å². The maximum atomic E-state index is 4.66. The van der Waals surface area contributed by atoms with Gasteiger partial charge in [-0.2, -0.15) is 5.10 Å². The van der Waals surface area contributed by atoms with Gasteiger partial charge in [0.2, 0.25) is 0 Å². The van der Waals surface area contributed by atoms with Gasteiger partial charge in [0.1, 0.15) is 0 Å². The molecule has 0 fully saturated rings. The summed E-state index contributed by atoms with van der Waals surface area (Å²) in [5.74, 6) is 0.688. The number of hydrogen-bond acceptors (Lipinski definition) is 2. The summed E-state index contributed by atoms with van der Waals surface area (Å²) in [6.07, 6.45) is 3.30. The molecule has 1 rings (SSSR count). The number of aromatic nitrogens is 2. The normalized spacial score (nSPS) is 12.9. The second-order valence-corrected chi connectivity index (χ2v) is 5.46. The van der Waals surface area contributed by atoms with Crippen molar-refractivity contribution in [2.24, 2.45) is 5.92 Å². The maximum Gasteiger partial charge on any atom is 0.0766 e. The quantitative estimate of drug-likeness (QED) is 0.796. The van der Waals surface area contributed by atoms with E-state index >= 15 is 0 Å². The van der Waals surface area contributed by atoms with Crippen LogP contribution in [0.25, 0.3) is 0 Å². The lowest BCUT2D eigenvalue weighted by molar-refractivity contribution is 0.448. The van der Waals surface area contributed by atoms with E-state index in [9.17, 15) is 0 Å². The zero-order chi connectivity index (χ0) is 13.5. The molecule has 0 saturated carbocycles. The summed E-state index contributed by atoms with van der Waals surface area (Å²) in [7, 11) is 0. The van der Waals surface area contributed by atoms with Crippen molar-refractivity contribution in [3.05, 3.63) is 15.9 Å². The van der Waals surface area contributed by atoms with E-state index < -0.39 is 0 Å². The number of hydrogen-bond donors (Lipinski definition) is 1. The standard InChI is InChI=1S/C14H26BrN3/c1-5-11(10-16-7-3)9-13-14(15)12(6-2)17-18(13)8-4/h11,16H,5-10H2,1-4H3. The van der Waals surface area contributed by atoms with Gasteiger partial charge in [0.15, 0.2) is 0 Å². The molecule has 1 heterocycles. The van der Waals surface area contributed by atoms with Gasteiger partial charge in [0.25, 0.3) is 0 Å². The van der Waals surface area contributed by atoms with Crippen LogP contribution in [0.4, 0.5) is 0 Å². The second kappa shape index (κ2) is 7.95. The minimum absolute atomic E-state index is 0.688. The van der Waals surface area contributed by atoms with E-state index in [2.05, 4.69) is 58.7 Å². The molecule has 0 aliphatic rings. The zero-order valence-electron chi connectivity index (χ0n) is 12.1. The number of rotatable bonds is 8. The second-order valence-electron chi connectivity index (χ2n) is 4.66. The Kier molecular flexibility index (Phi) is 6.94. The summed E-state index contributed by atoms with van der Waals surface area (Å²) in [5, 5.41) is 8.12. The predicted octanol–water partition coefficient (Wildman–Crippen LogP) is 3.41. The van der Waals surface area contributed by atoms with Gasteiger partial charge in [0.05, 0.1) is 15.9 Å². The highest BCUT2D eigenvalue weighted by molar-refractivity contribution is 9.10. The molecule has 0 saturated heterocycles. The summed E-state index contributed by atoms with van der Waals surface area (Å²) >= 11 is 3.73. The number of aryl methyl sites for hydroxylation is 2. The van der Waals surface area contributed by atoms with Crippen LogP contribution >= 0.6 is 15.9 Å². The van der Waals surface area contributed by atoms with Gasteiger partial charge in [-0.3, -0.25) is 4.68 Å². The smallest absolute Gasteiger partial charge is 0.0766 e. The third-order valence-electron chi connectivity index (χ3n) is 3.44. The molecule has 4 heteroatoms. The monoisotopic (exact) mass is 315 g/mol. The van der Waals surface area contributed by atoms with Crippen LogP contribution in [0.1, 0.15) is 45.5 Å². The minimum atomic E-state index is 0.688. The van der Waals surface area contributed by atoms with Crippen LogP contribution in [0.3, 0.4) is 0 Å². The molecule has 0 aliphatic carbocycles. The van der Waals surface area contributed by atoms with E-state index in [0.29, 0.717) is 5.92 Å². The largest absolute Gasteiger partial charge is 0.317 e. The van der Waals surface area contributed by atoms with Crippen LogP contribution in [-0.2, 0) is 19.4 Å². The van der Waals surface area contributed by atoms with E-state index in [4.69, 9.17) is 0 Å². The fraction of sp³-hybridized carbons (Fsp3) is 0.786. The maximum absolute atomic E-state index is 4.66. The lowest BCUT2D eigenvalue weighted by Crippen LogP contribution is -2.24. The van der Waals surface area contributed by atoms with Crippen molar-refractivity contribution in [3.63, 3.8) is 0 Å².